The second-order valence-electron chi connectivity index (χ2n) is 4.47. The molecule has 0 N–H and O–H groups in total. The Morgan fingerprint density at radius 2 is 2.25 bits per heavy atom. The Morgan fingerprint density at radius 1 is 1.50 bits per heavy atom. The largest absolute Gasteiger partial charge is 0.374 e. The number of carbonyl (C=O) groups excluding carboxylic acids is 1. The quantitative estimate of drug-likeness (QED) is 0.729. The molecular formula is C13H16FNO. The van der Waals surface area contributed by atoms with Crippen molar-refractivity contribution in [2.45, 2.75) is 19.3 Å². The van der Waals surface area contributed by atoms with Gasteiger partial charge in [0.15, 0.2) is 6.29 Å². The van der Waals surface area contributed by atoms with Crippen molar-refractivity contribution >= 4 is 12.0 Å². The van der Waals surface area contributed by atoms with Gasteiger partial charge in [-0.05, 0) is 30.9 Å². The molecule has 0 heterocycles. The summed E-state index contributed by atoms with van der Waals surface area (Å²) in [6.07, 6.45) is 4.39. The summed E-state index contributed by atoms with van der Waals surface area (Å²) < 4.78 is 13.4. The van der Waals surface area contributed by atoms with Crippen LogP contribution >= 0.6 is 0 Å². The minimum absolute atomic E-state index is 0.171. The van der Waals surface area contributed by atoms with E-state index in [0.717, 1.165) is 6.54 Å². The number of carbonyl (C=O) groups is 1. The van der Waals surface area contributed by atoms with E-state index < -0.39 is 5.82 Å². The van der Waals surface area contributed by atoms with Crippen molar-refractivity contribution in [1.82, 2.24) is 0 Å². The van der Waals surface area contributed by atoms with Gasteiger partial charge in [0.1, 0.15) is 5.82 Å². The van der Waals surface area contributed by atoms with Crippen LogP contribution in [0.25, 0.3) is 0 Å². The predicted molar refractivity (Wildman–Crippen MR) is 62.4 cm³/mol. The van der Waals surface area contributed by atoms with Crippen LogP contribution < -0.4 is 4.90 Å². The van der Waals surface area contributed by atoms with Crippen molar-refractivity contribution < 1.29 is 9.18 Å². The fourth-order valence-electron chi connectivity index (χ4n) is 2.14. The fourth-order valence-corrected chi connectivity index (χ4v) is 2.14. The van der Waals surface area contributed by atoms with Gasteiger partial charge in [0.2, 0.25) is 0 Å². The van der Waals surface area contributed by atoms with E-state index in [0.29, 0.717) is 17.9 Å². The van der Waals surface area contributed by atoms with E-state index in [9.17, 15) is 9.18 Å². The molecule has 3 heteroatoms. The lowest BCUT2D eigenvalue weighted by atomic mass is 9.85. The molecule has 16 heavy (non-hydrogen) atoms. The maximum atomic E-state index is 13.4. The lowest BCUT2D eigenvalue weighted by molar-refractivity contribution is 0.112. The Kier molecular flexibility index (Phi) is 3.22. The summed E-state index contributed by atoms with van der Waals surface area (Å²) in [4.78, 5) is 12.8. The molecule has 0 radical (unpaired) electrons. The highest BCUT2D eigenvalue weighted by molar-refractivity contribution is 5.84. The van der Waals surface area contributed by atoms with Gasteiger partial charge in [-0.2, -0.15) is 0 Å². The third kappa shape index (κ3) is 2.08. The number of nitrogens with zero attached hydrogens (tertiary/aromatic N) is 1. The van der Waals surface area contributed by atoms with Crippen molar-refractivity contribution in [3.63, 3.8) is 0 Å². The van der Waals surface area contributed by atoms with Crippen molar-refractivity contribution in [3.8, 4) is 0 Å². The monoisotopic (exact) mass is 221 g/mol. The molecule has 1 aliphatic rings. The number of anilines is 1. The third-order valence-electron chi connectivity index (χ3n) is 3.32. The van der Waals surface area contributed by atoms with Gasteiger partial charge in [0.05, 0.1) is 5.56 Å². The molecule has 0 spiro atoms. The second-order valence-corrected chi connectivity index (χ2v) is 4.47. The molecule has 0 atom stereocenters. The first-order valence-electron chi connectivity index (χ1n) is 5.67. The van der Waals surface area contributed by atoms with Crippen molar-refractivity contribution in [2.24, 2.45) is 5.92 Å². The topological polar surface area (TPSA) is 20.3 Å². The molecular weight excluding hydrogens is 205 g/mol. The molecule has 1 fully saturated rings. The summed E-state index contributed by atoms with van der Waals surface area (Å²) in [5, 5.41) is 0. The van der Waals surface area contributed by atoms with E-state index in [2.05, 4.69) is 0 Å². The van der Waals surface area contributed by atoms with Gasteiger partial charge in [0.25, 0.3) is 0 Å². The molecule has 86 valence electrons. The van der Waals surface area contributed by atoms with Crippen LogP contribution in [0.15, 0.2) is 18.2 Å². The standard InChI is InChI=1S/C13H16FNO/c1-15(8-10-4-2-5-10)13-7-3-6-12(14)11(13)9-16/h3,6-7,9-10H,2,4-5,8H2,1H3. The van der Waals surface area contributed by atoms with Crippen LogP contribution in [0.2, 0.25) is 0 Å². The lowest BCUT2D eigenvalue weighted by Crippen LogP contribution is -2.30. The van der Waals surface area contributed by atoms with Gasteiger partial charge >= 0.3 is 0 Å². The van der Waals surface area contributed by atoms with Crippen LogP contribution in [0, 0.1) is 11.7 Å². The molecule has 0 bridgehead atoms. The zero-order valence-electron chi connectivity index (χ0n) is 9.45. The Bertz CT molecular complexity index is 388. The highest BCUT2D eigenvalue weighted by atomic mass is 19.1. The summed E-state index contributed by atoms with van der Waals surface area (Å²) in [6.45, 7) is 0.907. The Morgan fingerprint density at radius 3 is 2.81 bits per heavy atom. The minimum Gasteiger partial charge on any atom is -0.374 e. The van der Waals surface area contributed by atoms with Crippen molar-refractivity contribution in [1.29, 1.82) is 0 Å². The van der Waals surface area contributed by atoms with Gasteiger partial charge in [-0.25, -0.2) is 4.39 Å². The maximum Gasteiger partial charge on any atom is 0.155 e. The predicted octanol–water partition coefficient (Wildman–Crippen LogP) is 2.87. The van der Waals surface area contributed by atoms with E-state index >= 15 is 0 Å². The summed E-state index contributed by atoms with van der Waals surface area (Å²) >= 11 is 0. The molecule has 0 saturated heterocycles. The molecule has 1 saturated carbocycles. The molecule has 2 nitrogen and oxygen atoms in total. The van der Waals surface area contributed by atoms with Gasteiger partial charge < -0.3 is 4.90 Å². The molecule has 1 aromatic rings. The van der Waals surface area contributed by atoms with Crippen LogP contribution in [0.1, 0.15) is 29.6 Å². The number of hydrogen-bond acceptors (Lipinski definition) is 2. The van der Waals surface area contributed by atoms with E-state index in [1.807, 2.05) is 11.9 Å². The molecule has 0 unspecified atom stereocenters. The average Bonchev–Trinajstić information content (AvgIpc) is 2.22. The van der Waals surface area contributed by atoms with E-state index in [-0.39, 0.29) is 5.56 Å². The van der Waals surface area contributed by atoms with Gasteiger partial charge in [0, 0.05) is 19.3 Å². The van der Waals surface area contributed by atoms with Crippen LogP contribution in [-0.2, 0) is 0 Å². The number of halogens is 1. The molecule has 1 aromatic carbocycles. The number of hydrogen-bond donors (Lipinski definition) is 0. The zero-order chi connectivity index (χ0) is 11.5. The van der Waals surface area contributed by atoms with Crippen molar-refractivity contribution in [2.75, 3.05) is 18.5 Å². The first-order valence-corrected chi connectivity index (χ1v) is 5.67. The maximum absolute atomic E-state index is 13.4. The first kappa shape index (κ1) is 11.1. The summed E-state index contributed by atoms with van der Waals surface area (Å²) in [5.41, 5.74) is 0.867. The lowest BCUT2D eigenvalue weighted by Gasteiger charge is -2.31. The zero-order valence-corrected chi connectivity index (χ0v) is 9.45. The fraction of sp³-hybridized carbons (Fsp3) is 0.462. The smallest absolute Gasteiger partial charge is 0.155 e. The van der Waals surface area contributed by atoms with Crippen LogP contribution in [0.5, 0.6) is 0 Å². The second kappa shape index (κ2) is 4.64. The van der Waals surface area contributed by atoms with Crippen LogP contribution in [-0.4, -0.2) is 19.9 Å². The van der Waals surface area contributed by atoms with E-state index in [4.69, 9.17) is 0 Å². The Labute approximate surface area is 95.1 Å². The molecule has 0 aliphatic heterocycles. The summed E-state index contributed by atoms with van der Waals surface area (Å²) in [6, 6.07) is 4.77. The van der Waals surface area contributed by atoms with Crippen molar-refractivity contribution in [3.05, 3.63) is 29.6 Å². The molecule has 2 rings (SSSR count). The average molecular weight is 221 g/mol. The van der Waals surface area contributed by atoms with Gasteiger partial charge in [-0.3, -0.25) is 4.79 Å². The molecule has 1 aliphatic carbocycles. The minimum atomic E-state index is -0.437. The number of rotatable bonds is 4. The molecule has 0 aromatic heterocycles. The normalized spacial score (nSPS) is 15.6. The first-order chi connectivity index (χ1) is 7.72. The van der Waals surface area contributed by atoms with E-state index in [1.165, 1.54) is 25.3 Å². The number of benzene rings is 1. The summed E-state index contributed by atoms with van der Waals surface area (Å²) in [5.74, 6) is 0.265. The Hall–Kier alpha value is -1.38. The summed E-state index contributed by atoms with van der Waals surface area (Å²) in [7, 11) is 1.92. The highest BCUT2D eigenvalue weighted by Gasteiger charge is 2.20. The van der Waals surface area contributed by atoms with Gasteiger partial charge in [-0.1, -0.05) is 12.5 Å². The van der Waals surface area contributed by atoms with E-state index in [1.54, 1.807) is 12.1 Å². The van der Waals surface area contributed by atoms with Crippen LogP contribution in [0.4, 0.5) is 10.1 Å². The third-order valence-corrected chi connectivity index (χ3v) is 3.32. The van der Waals surface area contributed by atoms with Gasteiger partial charge in [-0.15, -0.1) is 0 Å². The van der Waals surface area contributed by atoms with Crippen LogP contribution in [0.3, 0.4) is 0 Å². The molecule has 0 amide bonds. The Balaban J connectivity index is 2.17. The highest BCUT2D eigenvalue weighted by Crippen LogP contribution is 2.29. The SMILES string of the molecule is CN(CC1CCC1)c1cccc(F)c1C=O. The number of aldehydes is 1.